The molecule has 1 heterocycles. The Balaban J connectivity index is 2.09. The topological polar surface area (TPSA) is 46.6 Å². The van der Waals surface area contributed by atoms with E-state index in [1.807, 2.05) is 37.3 Å². The molecule has 0 fully saturated rings. The van der Waals surface area contributed by atoms with E-state index in [2.05, 4.69) is 22.6 Å². The van der Waals surface area contributed by atoms with Crippen LogP contribution in [0.2, 0.25) is 0 Å². The maximum atomic E-state index is 13.1. The van der Waals surface area contributed by atoms with Crippen LogP contribution in [0, 0.1) is 6.92 Å². The highest BCUT2D eigenvalue weighted by molar-refractivity contribution is 14.1. The van der Waals surface area contributed by atoms with Gasteiger partial charge in [0.1, 0.15) is 5.75 Å². The summed E-state index contributed by atoms with van der Waals surface area (Å²) in [5, 5.41) is 0. The average molecular weight is 443 g/mol. The molecule has 2 aromatic rings. The number of rotatable bonds is 4. The highest BCUT2D eigenvalue weighted by Crippen LogP contribution is 2.39. The third kappa shape index (κ3) is 2.94. The van der Waals surface area contributed by atoms with Crippen LogP contribution < -0.4 is 9.04 Å². The lowest BCUT2D eigenvalue weighted by Gasteiger charge is -2.26. The van der Waals surface area contributed by atoms with Gasteiger partial charge in [-0.05, 0) is 49.2 Å². The minimum atomic E-state index is -3.56. The molecule has 1 atom stereocenters. The molecule has 0 unspecified atom stereocenters. The maximum Gasteiger partial charge on any atom is 0.264 e. The standard InChI is InChI=1S/C17H18INO3S/c1-12-3-6-16(7-4-12)23(20,21)19-14(11-18)9-13-10-15(22-2)5-8-17(13)19/h3-8,10,14H,9,11H2,1-2H3/t14-/m1/s1. The van der Waals surface area contributed by atoms with Crippen molar-refractivity contribution in [1.29, 1.82) is 0 Å². The Bertz CT molecular complexity index is 818. The number of hydrogen-bond donors (Lipinski definition) is 0. The second-order valence-corrected chi connectivity index (χ2v) is 8.32. The first-order valence-corrected chi connectivity index (χ1v) is 10.3. The van der Waals surface area contributed by atoms with Gasteiger partial charge < -0.3 is 4.74 Å². The lowest BCUT2D eigenvalue weighted by Crippen LogP contribution is -2.38. The number of alkyl halides is 1. The van der Waals surface area contributed by atoms with Gasteiger partial charge in [-0.1, -0.05) is 40.3 Å². The lowest BCUT2D eigenvalue weighted by atomic mass is 10.1. The maximum absolute atomic E-state index is 13.1. The van der Waals surface area contributed by atoms with Crippen LogP contribution in [0.4, 0.5) is 5.69 Å². The van der Waals surface area contributed by atoms with Crippen LogP contribution in [-0.4, -0.2) is 26.0 Å². The van der Waals surface area contributed by atoms with Crippen molar-refractivity contribution in [2.75, 3.05) is 15.8 Å². The van der Waals surface area contributed by atoms with Crippen molar-refractivity contribution in [3.63, 3.8) is 0 Å². The van der Waals surface area contributed by atoms with Gasteiger partial charge in [-0.3, -0.25) is 4.31 Å². The van der Waals surface area contributed by atoms with Crippen molar-refractivity contribution in [1.82, 2.24) is 0 Å². The second-order valence-electron chi connectivity index (χ2n) is 5.62. The van der Waals surface area contributed by atoms with E-state index in [-0.39, 0.29) is 6.04 Å². The number of methoxy groups -OCH3 is 1. The van der Waals surface area contributed by atoms with Crippen LogP contribution in [0.3, 0.4) is 0 Å². The summed E-state index contributed by atoms with van der Waals surface area (Å²) in [6, 6.07) is 12.5. The summed E-state index contributed by atoms with van der Waals surface area (Å²) >= 11 is 2.25. The van der Waals surface area contributed by atoms with E-state index in [1.54, 1.807) is 23.5 Å². The Morgan fingerprint density at radius 2 is 1.91 bits per heavy atom. The molecule has 1 aliphatic heterocycles. The minimum Gasteiger partial charge on any atom is -0.497 e. The molecule has 2 aromatic carbocycles. The Hall–Kier alpha value is -1.28. The Labute approximate surface area is 150 Å². The molecule has 0 N–H and O–H groups in total. The van der Waals surface area contributed by atoms with Gasteiger partial charge in [-0.2, -0.15) is 0 Å². The van der Waals surface area contributed by atoms with Gasteiger partial charge in [0.05, 0.1) is 23.7 Å². The molecule has 122 valence electrons. The highest BCUT2D eigenvalue weighted by Gasteiger charge is 2.38. The largest absolute Gasteiger partial charge is 0.497 e. The Morgan fingerprint density at radius 1 is 1.22 bits per heavy atom. The highest BCUT2D eigenvalue weighted by atomic mass is 127. The number of hydrogen-bond acceptors (Lipinski definition) is 3. The van der Waals surface area contributed by atoms with Crippen molar-refractivity contribution >= 4 is 38.3 Å². The zero-order valence-corrected chi connectivity index (χ0v) is 16.0. The van der Waals surface area contributed by atoms with Crippen molar-refractivity contribution in [3.8, 4) is 5.75 Å². The lowest BCUT2D eigenvalue weighted by molar-refractivity contribution is 0.414. The molecule has 6 heteroatoms. The molecule has 0 amide bonds. The van der Waals surface area contributed by atoms with E-state index in [0.29, 0.717) is 11.3 Å². The fourth-order valence-corrected chi connectivity index (χ4v) is 5.53. The number of fused-ring (bicyclic) bond motifs is 1. The van der Waals surface area contributed by atoms with Crippen molar-refractivity contribution in [3.05, 3.63) is 53.6 Å². The summed E-state index contributed by atoms with van der Waals surface area (Å²) in [5.74, 6) is 0.755. The van der Waals surface area contributed by atoms with Crippen LogP contribution in [-0.2, 0) is 16.4 Å². The monoisotopic (exact) mass is 443 g/mol. The normalized spacial score (nSPS) is 17.2. The van der Waals surface area contributed by atoms with Gasteiger partial charge in [0.2, 0.25) is 0 Å². The summed E-state index contributed by atoms with van der Waals surface area (Å²) in [4.78, 5) is 0.335. The number of sulfonamides is 1. The van der Waals surface area contributed by atoms with Gasteiger partial charge >= 0.3 is 0 Å². The predicted octanol–water partition coefficient (Wildman–Crippen LogP) is 3.56. The summed E-state index contributed by atoms with van der Waals surface area (Å²) in [7, 11) is -1.94. The molecule has 4 nitrogen and oxygen atoms in total. The quantitative estimate of drug-likeness (QED) is 0.537. The van der Waals surface area contributed by atoms with Crippen LogP contribution in [0.1, 0.15) is 11.1 Å². The number of benzene rings is 2. The fraction of sp³-hybridized carbons (Fsp3) is 0.294. The molecule has 1 aliphatic rings. The van der Waals surface area contributed by atoms with E-state index < -0.39 is 10.0 Å². The summed E-state index contributed by atoms with van der Waals surface area (Å²) < 4.78 is 33.8. The summed E-state index contributed by atoms with van der Waals surface area (Å²) in [6.45, 7) is 1.95. The van der Waals surface area contributed by atoms with E-state index in [9.17, 15) is 8.42 Å². The van der Waals surface area contributed by atoms with E-state index in [4.69, 9.17) is 4.74 Å². The third-order valence-corrected chi connectivity index (χ3v) is 6.96. The summed E-state index contributed by atoms with van der Waals surface area (Å²) in [6.07, 6.45) is 0.709. The molecule has 0 radical (unpaired) electrons. The van der Waals surface area contributed by atoms with Crippen LogP contribution >= 0.6 is 22.6 Å². The van der Waals surface area contributed by atoms with E-state index >= 15 is 0 Å². The van der Waals surface area contributed by atoms with Crippen LogP contribution in [0.5, 0.6) is 5.75 Å². The minimum absolute atomic E-state index is 0.0657. The molecular weight excluding hydrogens is 425 g/mol. The predicted molar refractivity (Wildman–Crippen MR) is 100 cm³/mol. The molecule has 0 aromatic heterocycles. The molecule has 0 aliphatic carbocycles. The number of nitrogens with zero attached hydrogens (tertiary/aromatic N) is 1. The van der Waals surface area contributed by atoms with Crippen LogP contribution in [0.25, 0.3) is 0 Å². The van der Waals surface area contributed by atoms with Crippen molar-refractivity contribution in [2.24, 2.45) is 0 Å². The summed E-state index contributed by atoms with van der Waals surface area (Å²) in [5.41, 5.74) is 2.82. The van der Waals surface area contributed by atoms with Gasteiger partial charge in [0.15, 0.2) is 0 Å². The Kier molecular flexibility index (Phi) is 4.55. The van der Waals surface area contributed by atoms with Crippen molar-refractivity contribution < 1.29 is 13.2 Å². The number of ether oxygens (including phenoxy) is 1. The average Bonchev–Trinajstić information content (AvgIpc) is 2.93. The molecule has 23 heavy (non-hydrogen) atoms. The van der Waals surface area contributed by atoms with E-state index in [0.717, 1.165) is 27.0 Å². The van der Waals surface area contributed by atoms with Crippen molar-refractivity contribution in [2.45, 2.75) is 24.3 Å². The molecule has 0 spiro atoms. The second kappa shape index (κ2) is 6.32. The number of anilines is 1. The molecule has 0 bridgehead atoms. The van der Waals surface area contributed by atoms with Gasteiger partial charge in [0, 0.05) is 4.43 Å². The molecular formula is C17H18INO3S. The van der Waals surface area contributed by atoms with E-state index in [1.165, 1.54) is 0 Å². The fourth-order valence-electron chi connectivity index (χ4n) is 2.87. The third-order valence-electron chi connectivity index (χ3n) is 4.07. The number of aryl methyl sites for hydroxylation is 1. The zero-order valence-electron chi connectivity index (χ0n) is 13.0. The first kappa shape index (κ1) is 16.6. The van der Waals surface area contributed by atoms with Gasteiger partial charge in [0.25, 0.3) is 10.0 Å². The molecule has 0 saturated heterocycles. The SMILES string of the molecule is COc1ccc2c(c1)C[C@H](CI)N2S(=O)(=O)c1ccc(C)cc1. The molecule has 3 rings (SSSR count). The van der Waals surface area contributed by atoms with Gasteiger partial charge in [-0.15, -0.1) is 0 Å². The number of halogens is 1. The smallest absolute Gasteiger partial charge is 0.264 e. The molecule has 0 saturated carbocycles. The first-order valence-electron chi connectivity index (χ1n) is 7.31. The van der Waals surface area contributed by atoms with Gasteiger partial charge in [-0.25, -0.2) is 8.42 Å². The van der Waals surface area contributed by atoms with Crippen LogP contribution in [0.15, 0.2) is 47.4 Å². The first-order chi connectivity index (χ1) is 11.0. The zero-order chi connectivity index (χ0) is 16.6. The Morgan fingerprint density at radius 3 is 2.52 bits per heavy atom.